The van der Waals surface area contributed by atoms with Crippen molar-refractivity contribution in [3.63, 3.8) is 0 Å². The van der Waals surface area contributed by atoms with Crippen LogP contribution in [0.15, 0.2) is 52.0 Å². The topological polar surface area (TPSA) is 103 Å². The van der Waals surface area contributed by atoms with Gasteiger partial charge >= 0.3 is 5.97 Å². The highest BCUT2D eigenvalue weighted by Gasteiger charge is 2.28. The van der Waals surface area contributed by atoms with Gasteiger partial charge in [-0.2, -0.15) is 4.31 Å². The molecule has 1 aromatic carbocycles. The Morgan fingerprint density at radius 1 is 1.17 bits per heavy atom. The van der Waals surface area contributed by atoms with Crippen molar-refractivity contribution >= 4 is 16.0 Å². The van der Waals surface area contributed by atoms with E-state index in [1.54, 1.807) is 0 Å². The number of rotatable bonds is 8. The first-order valence-electron chi connectivity index (χ1n) is 7.41. The average molecular weight is 352 g/mol. The van der Waals surface area contributed by atoms with E-state index in [2.05, 4.69) is 4.74 Å². The standard InChI is InChI=1S/C16H20N2O5S/c1-22-16(19)14-7-8-15(23-14)24(20,21)18(12-10-17)11-9-13-5-3-2-4-6-13/h2-8H,9-12,17H2,1H3. The molecule has 8 heteroatoms. The van der Waals surface area contributed by atoms with Gasteiger partial charge in [0.05, 0.1) is 7.11 Å². The minimum atomic E-state index is -3.88. The molecule has 0 fully saturated rings. The number of hydrogen-bond acceptors (Lipinski definition) is 6. The van der Waals surface area contributed by atoms with E-state index in [0.717, 1.165) is 5.56 Å². The molecule has 0 aliphatic heterocycles. The van der Waals surface area contributed by atoms with Crippen LogP contribution in [0.5, 0.6) is 0 Å². The van der Waals surface area contributed by atoms with Crippen LogP contribution >= 0.6 is 0 Å². The van der Waals surface area contributed by atoms with E-state index in [9.17, 15) is 13.2 Å². The number of esters is 1. The number of ether oxygens (including phenoxy) is 1. The first-order valence-corrected chi connectivity index (χ1v) is 8.85. The minimum absolute atomic E-state index is 0.156. The summed E-state index contributed by atoms with van der Waals surface area (Å²) in [6, 6.07) is 12.1. The van der Waals surface area contributed by atoms with Crippen molar-refractivity contribution in [2.75, 3.05) is 26.7 Å². The van der Waals surface area contributed by atoms with E-state index in [-0.39, 0.29) is 30.5 Å². The molecule has 0 saturated carbocycles. The highest BCUT2D eigenvalue weighted by Crippen LogP contribution is 2.19. The molecule has 0 unspecified atom stereocenters. The van der Waals surface area contributed by atoms with Crippen LogP contribution in [0.1, 0.15) is 16.1 Å². The molecule has 130 valence electrons. The molecule has 0 spiro atoms. The summed E-state index contributed by atoms with van der Waals surface area (Å²) in [5, 5.41) is -0.301. The molecule has 0 radical (unpaired) electrons. The van der Waals surface area contributed by atoms with Crippen LogP contribution in [-0.4, -0.2) is 45.4 Å². The van der Waals surface area contributed by atoms with Crippen molar-refractivity contribution in [3.8, 4) is 0 Å². The lowest BCUT2D eigenvalue weighted by atomic mass is 10.1. The molecule has 0 bridgehead atoms. The quantitative estimate of drug-likeness (QED) is 0.718. The van der Waals surface area contributed by atoms with Gasteiger partial charge in [0.25, 0.3) is 10.0 Å². The second-order valence-corrected chi connectivity index (χ2v) is 6.91. The summed E-state index contributed by atoms with van der Waals surface area (Å²) >= 11 is 0. The summed E-state index contributed by atoms with van der Waals surface area (Å²) in [5.41, 5.74) is 6.56. The SMILES string of the molecule is COC(=O)c1ccc(S(=O)(=O)N(CCN)CCc2ccccc2)o1. The van der Waals surface area contributed by atoms with E-state index in [4.69, 9.17) is 10.2 Å². The number of sulfonamides is 1. The maximum absolute atomic E-state index is 12.7. The molecule has 0 saturated heterocycles. The largest absolute Gasteiger partial charge is 0.463 e. The van der Waals surface area contributed by atoms with Gasteiger partial charge < -0.3 is 14.9 Å². The van der Waals surface area contributed by atoms with Gasteiger partial charge in [-0.25, -0.2) is 13.2 Å². The highest BCUT2D eigenvalue weighted by atomic mass is 32.2. The number of nitrogens with zero attached hydrogens (tertiary/aromatic N) is 1. The number of carbonyl (C=O) groups is 1. The number of nitrogens with two attached hydrogens (primary N) is 1. The van der Waals surface area contributed by atoms with Crippen molar-refractivity contribution < 1.29 is 22.4 Å². The summed E-state index contributed by atoms with van der Waals surface area (Å²) in [7, 11) is -2.68. The molecule has 0 atom stereocenters. The van der Waals surface area contributed by atoms with Gasteiger partial charge in [0.15, 0.2) is 0 Å². The van der Waals surface area contributed by atoms with Crippen LogP contribution in [0.4, 0.5) is 0 Å². The summed E-state index contributed by atoms with van der Waals surface area (Å²) in [6.07, 6.45) is 0.546. The lowest BCUT2D eigenvalue weighted by Gasteiger charge is -2.20. The Morgan fingerprint density at radius 3 is 2.50 bits per heavy atom. The molecule has 2 aromatic rings. The van der Waals surface area contributed by atoms with Gasteiger partial charge in [-0.05, 0) is 24.1 Å². The number of benzene rings is 1. The second-order valence-electron chi connectivity index (χ2n) is 5.04. The maximum atomic E-state index is 12.7. The molecule has 1 heterocycles. The van der Waals surface area contributed by atoms with Gasteiger partial charge in [0.2, 0.25) is 10.9 Å². The zero-order valence-corrected chi connectivity index (χ0v) is 14.2. The Hall–Kier alpha value is -2.16. The van der Waals surface area contributed by atoms with Crippen molar-refractivity contribution in [3.05, 3.63) is 53.8 Å². The van der Waals surface area contributed by atoms with Gasteiger partial charge in [0, 0.05) is 19.6 Å². The Morgan fingerprint density at radius 2 is 1.88 bits per heavy atom. The monoisotopic (exact) mass is 352 g/mol. The first-order chi connectivity index (χ1) is 11.5. The Kier molecular flexibility index (Phi) is 6.13. The van der Waals surface area contributed by atoms with Crippen LogP contribution < -0.4 is 5.73 Å². The number of carbonyl (C=O) groups excluding carboxylic acids is 1. The van der Waals surface area contributed by atoms with E-state index in [0.29, 0.717) is 6.42 Å². The summed E-state index contributed by atoms with van der Waals surface area (Å²) < 4.78 is 36.3. The molecular weight excluding hydrogens is 332 g/mol. The van der Waals surface area contributed by atoms with Crippen LogP contribution in [0.2, 0.25) is 0 Å². The smallest absolute Gasteiger partial charge is 0.374 e. The fourth-order valence-corrected chi connectivity index (χ4v) is 3.56. The Bertz CT molecular complexity index is 771. The molecule has 7 nitrogen and oxygen atoms in total. The van der Waals surface area contributed by atoms with E-state index >= 15 is 0 Å². The number of hydrogen-bond donors (Lipinski definition) is 1. The van der Waals surface area contributed by atoms with Gasteiger partial charge in [-0.1, -0.05) is 30.3 Å². The lowest BCUT2D eigenvalue weighted by Crippen LogP contribution is -2.36. The molecule has 24 heavy (non-hydrogen) atoms. The Labute approximate surface area is 141 Å². The minimum Gasteiger partial charge on any atom is -0.463 e. The third-order valence-electron chi connectivity index (χ3n) is 3.43. The molecule has 2 rings (SSSR count). The zero-order valence-electron chi connectivity index (χ0n) is 13.3. The fraction of sp³-hybridized carbons (Fsp3) is 0.312. The van der Waals surface area contributed by atoms with Crippen molar-refractivity contribution in [1.82, 2.24) is 4.31 Å². The molecule has 0 aliphatic carbocycles. The van der Waals surface area contributed by atoms with E-state index in [1.807, 2.05) is 30.3 Å². The van der Waals surface area contributed by atoms with E-state index < -0.39 is 16.0 Å². The normalized spacial score (nSPS) is 11.6. The number of methoxy groups -OCH3 is 1. The Balaban J connectivity index is 2.18. The predicted molar refractivity (Wildman–Crippen MR) is 88.0 cm³/mol. The van der Waals surface area contributed by atoms with Crippen molar-refractivity contribution in [2.45, 2.75) is 11.5 Å². The molecular formula is C16H20N2O5S. The predicted octanol–water partition coefficient (Wildman–Crippen LogP) is 1.26. The third-order valence-corrected chi connectivity index (χ3v) is 5.21. The highest BCUT2D eigenvalue weighted by molar-refractivity contribution is 7.89. The van der Waals surface area contributed by atoms with Crippen LogP contribution in [-0.2, 0) is 21.2 Å². The van der Waals surface area contributed by atoms with Gasteiger partial charge in [0.1, 0.15) is 0 Å². The summed E-state index contributed by atoms with van der Waals surface area (Å²) in [6.45, 7) is 0.597. The fourth-order valence-electron chi connectivity index (χ4n) is 2.19. The maximum Gasteiger partial charge on any atom is 0.374 e. The second kappa shape index (κ2) is 8.09. The van der Waals surface area contributed by atoms with Crippen molar-refractivity contribution in [1.29, 1.82) is 0 Å². The van der Waals surface area contributed by atoms with Crippen LogP contribution in [0, 0.1) is 0 Å². The van der Waals surface area contributed by atoms with Crippen LogP contribution in [0.25, 0.3) is 0 Å². The van der Waals surface area contributed by atoms with Crippen LogP contribution in [0.3, 0.4) is 0 Å². The van der Waals surface area contributed by atoms with Gasteiger partial charge in [-0.3, -0.25) is 0 Å². The summed E-state index contributed by atoms with van der Waals surface area (Å²) in [4.78, 5) is 11.4. The van der Waals surface area contributed by atoms with Gasteiger partial charge in [-0.15, -0.1) is 0 Å². The zero-order chi connectivity index (χ0) is 17.6. The lowest BCUT2D eigenvalue weighted by molar-refractivity contribution is 0.0558. The molecule has 0 amide bonds. The molecule has 1 aromatic heterocycles. The summed E-state index contributed by atoms with van der Waals surface area (Å²) in [5.74, 6) is -0.891. The first kappa shape index (κ1) is 18.2. The molecule has 2 N–H and O–H groups in total. The average Bonchev–Trinajstić information content (AvgIpc) is 3.09. The van der Waals surface area contributed by atoms with E-state index in [1.165, 1.54) is 23.5 Å². The molecule has 0 aliphatic rings. The third kappa shape index (κ3) is 4.22. The number of furan rings is 1. The van der Waals surface area contributed by atoms with Crippen molar-refractivity contribution in [2.24, 2.45) is 5.73 Å².